The average molecular weight is 227 g/mol. The van der Waals surface area contributed by atoms with Gasteiger partial charge < -0.3 is 10.5 Å². The monoisotopic (exact) mass is 227 g/mol. The van der Waals surface area contributed by atoms with E-state index in [2.05, 4.69) is 13.8 Å². The molecule has 0 radical (unpaired) electrons. The summed E-state index contributed by atoms with van der Waals surface area (Å²) in [5.41, 5.74) is 6.45. The summed E-state index contributed by atoms with van der Waals surface area (Å²) in [6, 6.07) is 0. The second-order valence-electron chi connectivity index (χ2n) is 5.36. The van der Waals surface area contributed by atoms with Crippen LogP contribution in [0.3, 0.4) is 0 Å². The van der Waals surface area contributed by atoms with E-state index >= 15 is 0 Å². The molecule has 1 rings (SSSR count). The van der Waals surface area contributed by atoms with E-state index in [1.807, 2.05) is 0 Å². The normalized spacial score (nSPS) is 30.6. The molecule has 0 aromatic rings. The Kier molecular flexibility index (Phi) is 6.37. The summed E-state index contributed by atoms with van der Waals surface area (Å²) in [6.07, 6.45) is 9.26. The van der Waals surface area contributed by atoms with Crippen LogP contribution in [0.5, 0.6) is 0 Å². The van der Waals surface area contributed by atoms with Crippen LogP contribution in [0.2, 0.25) is 0 Å². The predicted molar refractivity (Wildman–Crippen MR) is 69.5 cm³/mol. The van der Waals surface area contributed by atoms with Gasteiger partial charge in [-0.05, 0) is 63.3 Å². The highest BCUT2D eigenvalue weighted by atomic mass is 16.5. The van der Waals surface area contributed by atoms with Crippen molar-refractivity contribution >= 4 is 0 Å². The summed E-state index contributed by atoms with van der Waals surface area (Å²) in [5.74, 6) is 0.964. The average Bonchev–Trinajstić information content (AvgIpc) is 2.35. The molecule has 0 spiro atoms. The first-order valence-corrected chi connectivity index (χ1v) is 7.04. The fourth-order valence-corrected chi connectivity index (χ4v) is 2.95. The molecule has 0 amide bonds. The Bertz CT molecular complexity index is 174. The van der Waals surface area contributed by atoms with E-state index < -0.39 is 0 Å². The highest BCUT2D eigenvalue weighted by Crippen LogP contribution is 2.42. The topological polar surface area (TPSA) is 35.2 Å². The van der Waals surface area contributed by atoms with E-state index in [-0.39, 0.29) is 0 Å². The van der Waals surface area contributed by atoms with Gasteiger partial charge in [0.15, 0.2) is 0 Å². The lowest BCUT2D eigenvalue weighted by Gasteiger charge is -2.39. The van der Waals surface area contributed by atoms with Crippen molar-refractivity contribution in [3.63, 3.8) is 0 Å². The number of nitrogens with two attached hydrogens (primary N) is 1. The molecule has 96 valence electrons. The van der Waals surface area contributed by atoms with Crippen molar-refractivity contribution in [1.29, 1.82) is 0 Å². The van der Waals surface area contributed by atoms with E-state index in [0.29, 0.717) is 5.41 Å². The van der Waals surface area contributed by atoms with E-state index in [1.54, 1.807) is 0 Å². The minimum atomic E-state index is 0.447. The molecule has 1 aliphatic carbocycles. The van der Waals surface area contributed by atoms with Gasteiger partial charge in [-0.2, -0.15) is 0 Å². The molecule has 1 fully saturated rings. The molecule has 0 unspecified atom stereocenters. The van der Waals surface area contributed by atoms with Gasteiger partial charge in [-0.25, -0.2) is 0 Å². The van der Waals surface area contributed by atoms with Crippen LogP contribution in [0.1, 0.15) is 58.8 Å². The fraction of sp³-hybridized carbons (Fsp3) is 1.00. The standard InChI is InChI=1S/C14H29NO/c1-3-13-6-9-14(12-15,10-7-13)8-5-11-16-4-2/h13H,3-12,15H2,1-2H3. The van der Waals surface area contributed by atoms with Crippen LogP contribution >= 0.6 is 0 Å². The lowest BCUT2D eigenvalue weighted by atomic mass is 9.67. The van der Waals surface area contributed by atoms with Crippen LogP contribution in [-0.4, -0.2) is 19.8 Å². The van der Waals surface area contributed by atoms with Crippen molar-refractivity contribution in [2.24, 2.45) is 17.1 Å². The van der Waals surface area contributed by atoms with E-state index in [0.717, 1.165) is 25.7 Å². The Morgan fingerprint density at radius 3 is 2.44 bits per heavy atom. The highest BCUT2D eigenvalue weighted by Gasteiger charge is 2.32. The second-order valence-corrected chi connectivity index (χ2v) is 5.36. The first-order valence-electron chi connectivity index (χ1n) is 7.04. The summed E-state index contributed by atoms with van der Waals surface area (Å²) in [5, 5.41) is 0. The third kappa shape index (κ3) is 4.06. The Morgan fingerprint density at radius 1 is 1.25 bits per heavy atom. The molecule has 2 nitrogen and oxygen atoms in total. The minimum Gasteiger partial charge on any atom is -0.382 e. The zero-order valence-electron chi connectivity index (χ0n) is 11.1. The molecule has 0 aliphatic heterocycles. The zero-order chi connectivity index (χ0) is 11.9. The van der Waals surface area contributed by atoms with Crippen molar-refractivity contribution in [3.05, 3.63) is 0 Å². The SMILES string of the molecule is CCOCCCC1(CN)CCC(CC)CC1. The van der Waals surface area contributed by atoms with Gasteiger partial charge in [0.25, 0.3) is 0 Å². The smallest absolute Gasteiger partial charge is 0.0466 e. The number of hydrogen-bond donors (Lipinski definition) is 1. The summed E-state index contributed by atoms with van der Waals surface area (Å²) < 4.78 is 5.42. The van der Waals surface area contributed by atoms with Crippen LogP contribution < -0.4 is 5.73 Å². The van der Waals surface area contributed by atoms with Crippen LogP contribution in [0.4, 0.5) is 0 Å². The Balaban J connectivity index is 2.28. The van der Waals surface area contributed by atoms with Crippen LogP contribution in [0.25, 0.3) is 0 Å². The van der Waals surface area contributed by atoms with E-state index in [1.165, 1.54) is 44.9 Å². The Hall–Kier alpha value is -0.0800. The number of ether oxygens (including phenoxy) is 1. The Morgan fingerprint density at radius 2 is 1.94 bits per heavy atom. The third-order valence-electron chi connectivity index (χ3n) is 4.38. The van der Waals surface area contributed by atoms with Crippen LogP contribution in [0, 0.1) is 11.3 Å². The Labute approximate surface area is 101 Å². The van der Waals surface area contributed by atoms with Crippen molar-refractivity contribution < 1.29 is 4.74 Å². The molecule has 0 saturated heterocycles. The lowest BCUT2D eigenvalue weighted by molar-refractivity contribution is 0.101. The van der Waals surface area contributed by atoms with Crippen molar-refractivity contribution in [2.75, 3.05) is 19.8 Å². The molecular formula is C14H29NO. The largest absolute Gasteiger partial charge is 0.382 e. The van der Waals surface area contributed by atoms with Crippen LogP contribution in [-0.2, 0) is 4.74 Å². The minimum absolute atomic E-state index is 0.447. The van der Waals surface area contributed by atoms with Gasteiger partial charge in [0.1, 0.15) is 0 Å². The van der Waals surface area contributed by atoms with Crippen LogP contribution in [0.15, 0.2) is 0 Å². The number of hydrogen-bond acceptors (Lipinski definition) is 2. The molecule has 2 heteroatoms. The van der Waals surface area contributed by atoms with E-state index in [9.17, 15) is 0 Å². The van der Waals surface area contributed by atoms with Gasteiger partial charge in [-0.15, -0.1) is 0 Å². The van der Waals surface area contributed by atoms with Gasteiger partial charge in [0.2, 0.25) is 0 Å². The molecule has 16 heavy (non-hydrogen) atoms. The number of rotatable bonds is 7. The van der Waals surface area contributed by atoms with Gasteiger partial charge in [-0.3, -0.25) is 0 Å². The maximum Gasteiger partial charge on any atom is 0.0466 e. The molecule has 2 N–H and O–H groups in total. The molecule has 0 heterocycles. The molecule has 0 atom stereocenters. The zero-order valence-corrected chi connectivity index (χ0v) is 11.1. The summed E-state index contributed by atoms with van der Waals surface area (Å²) >= 11 is 0. The molecule has 1 aliphatic rings. The van der Waals surface area contributed by atoms with Crippen molar-refractivity contribution in [1.82, 2.24) is 0 Å². The van der Waals surface area contributed by atoms with Gasteiger partial charge in [0.05, 0.1) is 0 Å². The van der Waals surface area contributed by atoms with Crippen molar-refractivity contribution in [2.45, 2.75) is 58.8 Å². The molecule has 0 bridgehead atoms. The summed E-state index contributed by atoms with van der Waals surface area (Å²) in [7, 11) is 0. The maximum absolute atomic E-state index is 6.00. The maximum atomic E-state index is 6.00. The second kappa shape index (κ2) is 7.29. The molecule has 0 aromatic heterocycles. The quantitative estimate of drug-likeness (QED) is 0.677. The third-order valence-corrected chi connectivity index (χ3v) is 4.38. The molecule has 0 aromatic carbocycles. The highest BCUT2D eigenvalue weighted by molar-refractivity contribution is 4.86. The predicted octanol–water partition coefficient (Wildman–Crippen LogP) is 3.35. The van der Waals surface area contributed by atoms with E-state index in [4.69, 9.17) is 10.5 Å². The van der Waals surface area contributed by atoms with Gasteiger partial charge >= 0.3 is 0 Å². The van der Waals surface area contributed by atoms with Crippen molar-refractivity contribution in [3.8, 4) is 0 Å². The lowest BCUT2D eigenvalue weighted by Crippen LogP contribution is -2.35. The first kappa shape index (κ1) is 14.0. The molecule has 1 saturated carbocycles. The molecular weight excluding hydrogens is 198 g/mol. The fourth-order valence-electron chi connectivity index (χ4n) is 2.95. The summed E-state index contributed by atoms with van der Waals surface area (Å²) in [6.45, 7) is 7.00. The van der Waals surface area contributed by atoms with Gasteiger partial charge in [0, 0.05) is 13.2 Å². The first-order chi connectivity index (χ1) is 7.76. The van der Waals surface area contributed by atoms with Gasteiger partial charge in [-0.1, -0.05) is 13.3 Å². The summed E-state index contributed by atoms with van der Waals surface area (Å²) in [4.78, 5) is 0.